The maximum atomic E-state index is 12.4. The molecule has 0 bridgehead atoms. The smallest absolute Gasteiger partial charge is 0.410 e. The number of amides is 1. The number of guanidine groups is 1. The van der Waals surface area contributed by atoms with Gasteiger partial charge in [0.15, 0.2) is 5.96 Å². The zero-order valence-electron chi connectivity index (χ0n) is 18.9. The Morgan fingerprint density at radius 3 is 2.59 bits per heavy atom. The van der Waals surface area contributed by atoms with Crippen molar-refractivity contribution in [3.8, 4) is 0 Å². The summed E-state index contributed by atoms with van der Waals surface area (Å²) < 4.78 is 7.36. The molecule has 164 valence electrons. The molecule has 1 aromatic heterocycles. The summed E-state index contributed by atoms with van der Waals surface area (Å²) in [5, 5.41) is 7.67. The van der Waals surface area contributed by atoms with E-state index in [9.17, 15) is 4.79 Å². The predicted octanol–water partition coefficient (Wildman–Crippen LogP) is 2.51. The number of piperidine rings is 1. The van der Waals surface area contributed by atoms with Gasteiger partial charge in [-0.15, -0.1) is 0 Å². The van der Waals surface area contributed by atoms with Crippen LogP contribution in [-0.2, 0) is 18.2 Å². The van der Waals surface area contributed by atoms with Gasteiger partial charge >= 0.3 is 6.09 Å². The lowest BCUT2D eigenvalue weighted by atomic mass is 9.96. The highest BCUT2D eigenvalue weighted by Crippen LogP contribution is 2.20. The fourth-order valence-electron chi connectivity index (χ4n) is 3.55. The molecule has 8 nitrogen and oxygen atoms in total. The normalized spacial score (nSPS) is 16.1. The predicted molar refractivity (Wildman–Crippen MR) is 116 cm³/mol. The molecule has 1 saturated heterocycles. The fraction of sp³-hybridized carbons (Fsp3) is 0.762. The number of aryl methyl sites for hydroxylation is 1. The molecule has 0 atom stereocenters. The number of carbonyl (C=O) groups is 1. The first kappa shape index (κ1) is 23.0. The van der Waals surface area contributed by atoms with Crippen LogP contribution in [0.3, 0.4) is 0 Å². The number of aliphatic imine (C=N–C) groups is 1. The Morgan fingerprint density at radius 1 is 1.38 bits per heavy atom. The summed E-state index contributed by atoms with van der Waals surface area (Å²) in [6.45, 7) is 11.9. The van der Waals surface area contributed by atoms with Gasteiger partial charge in [-0.1, -0.05) is 0 Å². The van der Waals surface area contributed by atoms with Crippen LogP contribution in [0.25, 0.3) is 0 Å². The minimum Gasteiger partial charge on any atom is -0.444 e. The first-order valence-electron chi connectivity index (χ1n) is 10.6. The summed E-state index contributed by atoms with van der Waals surface area (Å²) in [7, 11) is 3.77. The summed E-state index contributed by atoms with van der Waals surface area (Å²) in [6, 6.07) is 0. The molecule has 0 spiro atoms. The Hall–Kier alpha value is -2.25. The van der Waals surface area contributed by atoms with Crippen molar-refractivity contribution in [2.75, 3.05) is 39.8 Å². The van der Waals surface area contributed by atoms with Crippen LogP contribution in [0.2, 0.25) is 0 Å². The fourth-order valence-corrected chi connectivity index (χ4v) is 3.55. The third-order valence-corrected chi connectivity index (χ3v) is 5.09. The largest absolute Gasteiger partial charge is 0.444 e. The van der Waals surface area contributed by atoms with Crippen LogP contribution in [0.15, 0.2) is 17.4 Å². The van der Waals surface area contributed by atoms with Crippen LogP contribution < -0.4 is 5.32 Å². The Labute approximate surface area is 175 Å². The van der Waals surface area contributed by atoms with E-state index in [-0.39, 0.29) is 6.09 Å². The molecule has 0 radical (unpaired) electrons. The third-order valence-electron chi connectivity index (χ3n) is 5.09. The van der Waals surface area contributed by atoms with E-state index in [1.54, 1.807) is 0 Å². The van der Waals surface area contributed by atoms with Gasteiger partial charge < -0.3 is 19.9 Å². The molecule has 1 aliphatic heterocycles. The van der Waals surface area contributed by atoms with Crippen LogP contribution in [0.4, 0.5) is 4.79 Å². The Bertz CT molecular complexity index is 671. The van der Waals surface area contributed by atoms with Crippen LogP contribution in [0.5, 0.6) is 0 Å². The molecule has 0 aromatic carbocycles. The molecule has 29 heavy (non-hydrogen) atoms. The topological polar surface area (TPSA) is 75.0 Å². The lowest BCUT2D eigenvalue weighted by Crippen LogP contribution is -2.48. The number of ether oxygens (including phenoxy) is 1. The van der Waals surface area contributed by atoms with Gasteiger partial charge in [-0.2, -0.15) is 5.10 Å². The number of nitrogens with zero attached hydrogens (tertiary/aromatic N) is 5. The Kier molecular flexibility index (Phi) is 8.34. The van der Waals surface area contributed by atoms with Gasteiger partial charge in [-0.3, -0.25) is 9.67 Å². The van der Waals surface area contributed by atoms with Crippen LogP contribution >= 0.6 is 0 Å². The van der Waals surface area contributed by atoms with Crippen molar-refractivity contribution in [1.29, 1.82) is 0 Å². The van der Waals surface area contributed by atoms with Crippen LogP contribution in [0, 0.1) is 5.92 Å². The second-order valence-corrected chi connectivity index (χ2v) is 8.70. The van der Waals surface area contributed by atoms with Crippen molar-refractivity contribution < 1.29 is 9.53 Å². The lowest BCUT2D eigenvalue weighted by molar-refractivity contribution is 0.0214. The van der Waals surface area contributed by atoms with Gasteiger partial charge in [-0.05, 0) is 58.4 Å². The minimum absolute atomic E-state index is 0.213. The summed E-state index contributed by atoms with van der Waals surface area (Å²) in [5.41, 5.74) is 0.762. The molecular formula is C21H38N6O2. The van der Waals surface area contributed by atoms with E-state index in [0.29, 0.717) is 12.5 Å². The van der Waals surface area contributed by atoms with Gasteiger partial charge in [0.1, 0.15) is 5.60 Å². The number of likely N-dealkylation sites (tertiary alicyclic amines) is 1. The quantitative estimate of drug-likeness (QED) is 0.580. The zero-order valence-corrected chi connectivity index (χ0v) is 18.9. The van der Waals surface area contributed by atoms with E-state index in [2.05, 4.69) is 20.3 Å². The van der Waals surface area contributed by atoms with Gasteiger partial charge in [-0.25, -0.2) is 4.79 Å². The second kappa shape index (κ2) is 10.5. The highest BCUT2D eigenvalue weighted by Gasteiger charge is 2.27. The standard InChI is InChI=1S/C21H38N6O2/c1-7-26(20(28)29-21(2,3)4)16-17-9-12-27(13-10-17)19(22-5)23-11-8-18-14-24-25(6)15-18/h14-15,17H,7-13,16H2,1-6H3,(H,22,23). The number of rotatable bonds is 6. The number of hydrogen-bond donors (Lipinski definition) is 1. The minimum atomic E-state index is -0.457. The van der Waals surface area contributed by atoms with Crippen molar-refractivity contribution in [2.24, 2.45) is 18.0 Å². The van der Waals surface area contributed by atoms with Crippen molar-refractivity contribution in [1.82, 2.24) is 24.9 Å². The molecule has 1 aromatic rings. The van der Waals surface area contributed by atoms with Crippen LogP contribution in [0.1, 0.15) is 46.1 Å². The van der Waals surface area contributed by atoms with Crippen molar-refractivity contribution >= 4 is 12.1 Å². The molecule has 2 heterocycles. The molecule has 2 rings (SSSR count). The first-order chi connectivity index (χ1) is 13.7. The Balaban J connectivity index is 1.76. The van der Waals surface area contributed by atoms with Gasteiger partial charge in [0.05, 0.1) is 6.20 Å². The molecule has 1 amide bonds. The van der Waals surface area contributed by atoms with Crippen molar-refractivity contribution in [3.05, 3.63) is 18.0 Å². The van der Waals surface area contributed by atoms with Gasteiger partial charge in [0.2, 0.25) is 0 Å². The van der Waals surface area contributed by atoms with E-state index in [1.165, 1.54) is 5.56 Å². The summed E-state index contributed by atoms with van der Waals surface area (Å²) in [6.07, 6.45) is 6.74. The molecule has 1 N–H and O–H groups in total. The highest BCUT2D eigenvalue weighted by atomic mass is 16.6. The van der Waals surface area contributed by atoms with E-state index in [4.69, 9.17) is 4.74 Å². The van der Waals surface area contributed by atoms with Crippen molar-refractivity contribution in [2.45, 2.75) is 52.6 Å². The van der Waals surface area contributed by atoms with Crippen LogP contribution in [-0.4, -0.2) is 77.0 Å². The highest BCUT2D eigenvalue weighted by molar-refractivity contribution is 5.80. The zero-order chi connectivity index (χ0) is 21.4. The first-order valence-corrected chi connectivity index (χ1v) is 10.6. The molecule has 1 fully saturated rings. The number of hydrogen-bond acceptors (Lipinski definition) is 4. The third kappa shape index (κ3) is 7.59. The van der Waals surface area contributed by atoms with Gasteiger partial charge in [0.25, 0.3) is 0 Å². The molecule has 8 heteroatoms. The monoisotopic (exact) mass is 406 g/mol. The van der Waals surface area contributed by atoms with E-state index in [0.717, 1.165) is 51.4 Å². The van der Waals surface area contributed by atoms with Crippen molar-refractivity contribution in [3.63, 3.8) is 0 Å². The average Bonchev–Trinajstić information content (AvgIpc) is 3.07. The van der Waals surface area contributed by atoms with E-state index in [1.807, 2.05) is 63.8 Å². The number of nitrogens with one attached hydrogen (secondary N) is 1. The molecule has 0 unspecified atom stereocenters. The average molecular weight is 407 g/mol. The Morgan fingerprint density at radius 2 is 2.07 bits per heavy atom. The molecular weight excluding hydrogens is 368 g/mol. The summed E-state index contributed by atoms with van der Waals surface area (Å²) in [4.78, 5) is 21.0. The van der Waals surface area contributed by atoms with E-state index >= 15 is 0 Å². The number of aromatic nitrogens is 2. The maximum Gasteiger partial charge on any atom is 0.410 e. The lowest BCUT2D eigenvalue weighted by Gasteiger charge is -2.36. The second-order valence-electron chi connectivity index (χ2n) is 8.70. The molecule has 0 saturated carbocycles. The summed E-state index contributed by atoms with van der Waals surface area (Å²) in [5.74, 6) is 1.44. The molecule has 0 aliphatic carbocycles. The molecule has 1 aliphatic rings. The number of carbonyl (C=O) groups excluding carboxylic acids is 1. The SMILES string of the molecule is CCN(CC1CCN(C(=NC)NCCc2cnn(C)c2)CC1)C(=O)OC(C)(C)C. The van der Waals surface area contributed by atoms with Gasteiger partial charge in [0, 0.05) is 53.0 Å². The maximum absolute atomic E-state index is 12.4. The van der Waals surface area contributed by atoms with E-state index < -0.39 is 5.60 Å². The summed E-state index contributed by atoms with van der Waals surface area (Å²) >= 11 is 0.